The lowest BCUT2D eigenvalue weighted by atomic mass is 10.1. The van der Waals surface area contributed by atoms with Crippen molar-refractivity contribution in [3.8, 4) is 0 Å². The first-order chi connectivity index (χ1) is 59.2. The van der Waals surface area contributed by atoms with Crippen LogP contribution in [0.2, 0.25) is 5.02 Å². The van der Waals surface area contributed by atoms with Crippen molar-refractivity contribution < 1.29 is 294 Å². The fourth-order valence-electron chi connectivity index (χ4n) is 7.84. The molecule has 818 valence electrons. The molecule has 0 bridgehead atoms. The van der Waals surface area contributed by atoms with Crippen LogP contribution in [0.5, 0.6) is 0 Å². The molecule has 0 spiro atoms. The van der Waals surface area contributed by atoms with E-state index in [0.717, 1.165) is 25.8 Å². The van der Waals surface area contributed by atoms with Crippen molar-refractivity contribution in [2.75, 3.05) is 60.4 Å². The van der Waals surface area contributed by atoms with E-state index in [9.17, 15) is 274 Å². The summed E-state index contributed by atoms with van der Waals surface area (Å²) in [4.78, 5) is 384. The van der Waals surface area contributed by atoms with E-state index in [4.69, 9.17) is 49.2 Å². The highest BCUT2D eigenvalue weighted by atomic mass is 35.5. The number of aryl methyl sites for hydroxylation is 1. The first kappa shape index (κ1) is 151. The number of nitrogens with two attached hydrogens (primary N) is 3. The molecule has 0 aliphatic carbocycles. The summed E-state index contributed by atoms with van der Waals surface area (Å²) in [6, 6.07) is 8.63. The van der Waals surface area contributed by atoms with Gasteiger partial charge in [0.1, 0.15) is 35.6 Å². The smallest absolute Gasteiger partial charge is 0.169 e. The number of thioether (sulfide) groups is 1. The zero-order chi connectivity index (χ0) is 111. The number of unbranched alkanes of at least 4 members (excludes halogenated alkanes) is 2. The Labute approximate surface area is 790 Å². The highest BCUT2D eigenvalue weighted by molar-refractivity contribution is 8.11. The van der Waals surface area contributed by atoms with Gasteiger partial charge in [0, 0.05) is 22.3 Å². The maximum absolute atomic E-state index is 10.8. The Kier molecular flexibility index (Phi) is 64.8. The van der Waals surface area contributed by atoms with Crippen molar-refractivity contribution in [3.05, 3.63) is 59.4 Å². The van der Waals surface area contributed by atoms with Gasteiger partial charge in [-0.15, -0.1) is 11.8 Å². The molecule has 89 heteroatoms. The Balaban J connectivity index is -0.000000277. The number of alkyl halides is 2. The second-order valence-electron chi connectivity index (χ2n) is 27.0. The van der Waals surface area contributed by atoms with Gasteiger partial charge >= 0.3 is 0 Å². The summed E-state index contributed by atoms with van der Waals surface area (Å²) in [6.45, 7) is 2.97. The Hall–Kier alpha value is 1.81. The zero-order valence-electron chi connectivity index (χ0n) is 69.1. The maximum atomic E-state index is 10.8. The molecule has 136 heavy (non-hydrogen) atoms. The van der Waals surface area contributed by atoms with E-state index >= 15 is 0 Å². The van der Waals surface area contributed by atoms with Crippen LogP contribution in [0.3, 0.4) is 0 Å². The van der Waals surface area contributed by atoms with E-state index in [1.807, 2.05) is 11.8 Å². The molecular formula is C47H81Cl3N6O61P18S-36. The quantitative estimate of drug-likeness (QED) is 0.0127. The summed E-state index contributed by atoms with van der Waals surface area (Å²) in [5.41, 5.74) is 15.4. The lowest BCUT2D eigenvalue weighted by molar-refractivity contribution is -0.351. The van der Waals surface area contributed by atoms with Gasteiger partial charge in [-0.3, -0.25) is 4.98 Å². The molecule has 0 aliphatic heterocycles. The Bertz CT molecular complexity index is 4500. The molecular weight excluding hydrogens is 2320 g/mol. The number of rotatable bonds is 45. The average Bonchev–Trinajstić information content (AvgIpc) is 0.760. The minimum atomic E-state index is -5.98. The largest absolute Gasteiger partial charge is 0.810 e. The number of aromatic nitrogens is 1. The van der Waals surface area contributed by atoms with Crippen LogP contribution in [0.1, 0.15) is 116 Å². The van der Waals surface area contributed by atoms with E-state index in [-0.39, 0.29) is 101 Å². The normalized spacial score (nSPS) is 14.2. The molecule has 0 atom stereocenters. The third kappa shape index (κ3) is 50.6. The van der Waals surface area contributed by atoms with Crippen LogP contribution in [0.4, 0.5) is 0 Å². The lowest BCUT2D eigenvalue weighted by Gasteiger charge is -2.56. The standard InChI is InChI=1S/C10H25NO7P2.C9H15NO7P2.C7H9ClO6P2S.C6H17NO7P2.3C4H13NO7P2.C2H8O7P2.CH4Cl2O6P2/c1-3-4-5-8-11(2)9-6-7-10(12,19(13,14)15)20(16,17)18;11-9(18(12,13)14,19(15,16)17)5-1-3-8-4-2-6-10-7-8;8-5-1-3-6(4-2-5)17-7(15(9,10)11)16(12,13)14;1-7(2)5-3-4-6(8,15(9,10)11)16(12,13)14;3*5-3-1-2-4(6,13(7,8)9)14(10,11)12;1-2(3,10(4,5)6)11(7,8)9;2-1(3,10(4,5)6)11(7,8)9/h12H,3-9H2,1-2H3,(H2,13,14,15)(H2,16,17,18);2,4,6-7,11H,1,3,5H2,(H2,12,13,14)(H2,15,16,17);1-4,7H,(H2,9,10,11)(H2,12,13,14);8H,3-5H2,1-2H3,(H2,9,10,11)(H2,12,13,14);3*6H,1-3,5H2,(H2,7,8,9)(H2,10,11,12);3H,1H3,(H2,4,5,6)(H2,7,8,9);(H2,4,5,6)(H2,7,8,9)/p-36. The Morgan fingerprint density at radius 1 is 0.346 bits per heavy atom. The van der Waals surface area contributed by atoms with Crippen molar-refractivity contribution in [1.29, 1.82) is 0 Å². The summed E-state index contributed by atoms with van der Waals surface area (Å²) in [5.74, 6) is 0. The molecule has 0 unspecified atom stereocenters. The third-order valence-corrected chi connectivity index (χ3v) is 52.5. The number of pyridine rings is 1. The summed E-state index contributed by atoms with van der Waals surface area (Å²) < 4.78 is 182. The molecule has 0 saturated heterocycles. The van der Waals surface area contributed by atoms with Crippen LogP contribution in [-0.4, -0.2) is 155 Å². The minimum absolute atomic E-state index is 0.0813. The third-order valence-electron chi connectivity index (χ3n) is 15.7. The summed E-state index contributed by atoms with van der Waals surface area (Å²) in [5, 5.41) is 37.4. The van der Waals surface area contributed by atoms with Crippen LogP contribution < -0.4 is 193 Å². The van der Waals surface area contributed by atoms with Crippen LogP contribution in [0.15, 0.2) is 53.7 Å². The van der Waals surface area contributed by atoms with Crippen molar-refractivity contribution in [3.63, 3.8) is 0 Å². The number of nitrogens with zero attached hydrogens (tertiary/aromatic N) is 3. The first-order valence-corrected chi connectivity index (χ1v) is 64.7. The Morgan fingerprint density at radius 2 is 0.581 bits per heavy atom. The van der Waals surface area contributed by atoms with Crippen molar-refractivity contribution in [1.82, 2.24) is 14.8 Å². The van der Waals surface area contributed by atoms with Crippen LogP contribution in [0, 0.1) is 0 Å². The van der Waals surface area contributed by atoms with E-state index in [1.165, 1.54) is 36.7 Å². The molecule has 0 aliphatic rings. The number of halogens is 3. The molecule has 0 saturated carbocycles. The fraction of sp³-hybridized carbons (Fsp3) is 0.766. The van der Waals surface area contributed by atoms with Gasteiger partial charge in [0.05, 0.1) is 4.73 Å². The van der Waals surface area contributed by atoms with E-state index < -0.39 is 219 Å². The molecule has 1 aromatic heterocycles. The van der Waals surface area contributed by atoms with Crippen molar-refractivity contribution >= 4 is 183 Å². The molecule has 2 rings (SSSR count). The van der Waals surface area contributed by atoms with Crippen LogP contribution >= 0.6 is 183 Å². The minimum Gasteiger partial charge on any atom is -0.810 e. The molecule has 1 heterocycles. The van der Waals surface area contributed by atoms with Crippen molar-refractivity contribution in [2.45, 2.75) is 166 Å². The van der Waals surface area contributed by atoms with Gasteiger partial charge in [-0.2, -0.15) is 0 Å². The molecule has 0 amide bonds. The number of benzene rings is 1. The highest BCUT2D eigenvalue weighted by Gasteiger charge is 2.41. The fourth-order valence-corrected chi connectivity index (χ4v) is 26.4. The van der Waals surface area contributed by atoms with Crippen LogP contribution in [-0.2, 0) is 88.6 Å². The molecule has 0 fully saturated rings. The molecule has 1 aromatic carbocycles. The van der Waals surface area contributed by atoms with Gasteiger partial charge in [0.15, 0.2) is 3.82 Å². The molecule has 0 radical (unpaired) electrons. The van der Waals surface area contributed by atoms with E-state index in [1.54, 1.807) is 38.2 Å². The predicted molar refractivity (Wildman–Crippen MR) is 399 cm³/mol. The molecule has 2 aromatic rings. The molecule has 67 nitrogen and oxygen atoms in total. The zero-order valence-corrected chi connectivity index (χ0v) is 88.3. The topological polar surface area (TPSA) is 1380 Å². The monoisotopic (exact) mass is 2400 g/mol. The van der Waals surface area contributed by atoms with E-state index in [2.05, 4.69) is 28.2 Å². The van der Waals surface area contributed by atoms with Gasteiger partial charge in [-0.1, -0.05) is 60.6 Å². The second-order valence-corrected chi connectivity index (χ2v) is 66.0. The van der Waals surface area contributed by atoms with E-state index in [0.29, 0.717) is 10.6 Å². The highest BCUT2D eigenvalue weighted by Crippen LogP contribution is 2.68. The summed E-state index contributed by atoms with van der Waals surface area (Å²) in [6.07, 6.45) is -0.786. The maximum Gasteiger partial charge on any atom is 0.169 e. The second kappa shape index (κ2) is 58.4. The van der Waals surface area contributed by atoms with Gasteiger partial charge in [-0.05, 0) is 330 Å². The van der Waals surface area contributed by atoms with Crippen LogP contribution in [0.25, 0.3) is 0 Å². The van der Waals surface area contributed by atoms with Gasteiger partial charge in [0.25, 0.3) is 0 Å². The van der Waals surface area contributed by atoms with Gasteiger partial charge < -0.3 is 321 Å². The van der Waals surface area contributed by atoms with Crippen molar-refractivity contribution in [2.24, 2.45) is 17.2 Å². The SMILES string of the molecule is CC(O)(P(=O)([O-])[O-])P(=O)([O-])[O-].CCCCCN(C)CCCC(O)(P(=O)([O-])[O-])P(=O)([O-])[O-].CN(C)CCCC(O)(P(=O)([O-])[O-])P(=O)([O-])[O-].NCCCC(O)(P(=O)([O-])[O-])P(=O)([O-])[O-].NCCCC(O)(P(=O)([O-])[O-])P(=O)([O-])[O-].NCCCC(O)(P(=O)([O-])[O-])P(=O)([O-])[O-].O=P([O-])([O-])C(Cl)(Cl)P(=O)([O-])[O-].O=P([O-])([O-])C(O)(CCCc1cccnc1)P(=O)([O-])[O-].O=P([O-])([O-])C(Sc1ccc(Cl)cc1)P(=O)([O-])[O-]. The predicted octanol–water partition coefficient (Wildman–Crippen LogP) is -24.4. The van der Waals surface area contributed by atoms with Gasteiger partial charge in [-0.25, -0.2) is 0 Å². The number of hydrogen-bond acceptors (Lipinski definition) is 68. The lowest BCUT2D eigenvalue weighted by Crippen LogP contribution is -2.46. The number of hydrogen-bond donors (Lipinski definition) is 10. The molecule has 13 N–H and O–H groups in total. The summed E-state index contributed by atoms with van der Waals surface area (Å²) >= 11 is 14.7. The first-order valence-electron chi connectivity index (χ1n) is 34.8. The Morgan fingerprint density at radius 3 is 0.765 bits per heavy atom. The average molecular weight is 2400 g/mol. The number of aliphatic hydroxyl groups is 7. The van der Waals surface area contributed by atoms with Gasteiger partial charge in [0.2, 0.25) is 0 Å². The summed E-state index contributed by atoms with van der Waals surface area (Å²) in [7, 11) is -101.